The molecular formula is C21H21F2N3O2. The number of H-pyrrole nitrogens is 1. The van der Waals surface area contributed by atoms with Crippen LogP contribution in [0.25, 0.3) is 10.9 Å². The van der Waals surface area contributed by atoms with Crippen LogP contribution < -0.4 is 10.6 Å². The largest absolute Gasteiger partial charge is 0.361 e. The number of para-hydroxylation sites is 1. The van der Waals surface area contributed by atoms with Crippen LogP contribution in [0.15, 0.2) is 48.7 Å². The van der Waals surface area contributed by atoms with Crippen molar-refractivity contribution in [2.45, 2.75) is 20.3 Å². The molecule has 7 heteroatoms. The van der Waals surface area contributed by atoms with Crippen molar-refractivity contribution in [2.75, 3.05) is 11.9 Å². The predicted molar refractivity (Wildman–Crippen MR) is 104 cm³/mol. The second kappa shape index (κ2) is 7.80. The molecule has 0 aliphatic heterocycles. The molecule has 1 aromatic heterocycles. The first-order valence-corrected chi connectivity index (χ1v) is 8.89. The molecule has 1 heterocycles. The fourth-order valence-electron chi connectivity index (χ4n) is 2.83. The minimum atomic E-state index is -1.38. The molecule has 0 spiro atoms. The Kier molecular flexibility index (Phi) is 5.44. The molecule has 2 amide bonds. The fraction of sp³-hybridized carbons (Fsp3) is 0.238. The molecule has 0 fully saturated rings. The number of aromatic amines is 1. The molecule has 0 aliphatic rings. The summed E-state index contributed by atoms with van der Waals surface area (Å²) in [6.07, 6.45) is 2.51. The maximum absolute atomic E-state index is 13.3. The van der Waals surface area contributed by atoms with Crippen molar-refractivity contribution < 1.29 is 18.4 Å². The Labute approximate surface area is 161 Å². The minimum absolute atomic E-state index is 0.0866. The van der Waals surface area contributed by atoms with E-state index in [2.05, 4.69) is 15.6 Å². The third kappa shape index (κ3) is 4.03. The molecule has 0 atom stereocenters. The molecule has 0 radical (unpaired) electrons. The Morgan fingerprint density at radius 2 is 1.79 bits per heavy atom. The number of amides is 2. The van der Waals surface area contributed by atoms with Crippen LogP contribution in [0.4, 0.5) is 14.5 Å². The van der Waals surface area contributed by atoms with Gasteiger partial charge in [0.25, 0.3) is 0 Å². The molecule has 0 bridgehead atoms. The van der Waals surface area contributed by atoms with Crippen molar-refractivity contribution >= 4 is 28.4 Å². The van der Waals surface area contributed by atoms with Crippen LogP contribution in [-0.4, -0.2) is 23.3 Å². The monoisotopic (exact) mass is 385 g/mol. The van der Waals surface area contributed by atoms with Gasteiger partial charge in [0.15, 0.2) is 11.6 Å². The van der Waals surface area contributed by atoms with Gasteiger partial charge in [-0.15, -0.1) is 0 Å². The molecule has 0 aliphatic carbocycles. The smallest absolute Gasteiger partial charge is 0.239 e. The summed E-state index contributed by atoms with van der Waals surface area (Å²) in [4.78, 5) is 28.1. The SMILES string of the molecule is CC(C)(C(=O)NCCc1c[nH]c2ccccc12)C(=O)Nc1ccc(F)c(F)c1. The van der Waals surface area contributed by atoms with Crippen molar-refractivity contribution in [3.63, 3.8) is 0 Å². The van der Waals surface area contributed by atoms with Crippen LogP contribution in [0.2, 0.25) is 0 Å². The van der Waals surface area contributed by atoms with E-state index in [4.69, 9.17) is 0 Å². The third-order valence-electron chi connectivity index (χ3n) is 4.67. The summed E-state index contributed by atoms with van der Waals surface area (Å²) in [5.74, 6) is -3.14. The summed E-state index contributed by atoms with van der Waals surface area (Å²) in [5, 5.41) is 6.30. The van der Waals surface area contributed by atoms with Crippen LogP contribution in [0, 0.1) is 17.0 Å². The summed E-state index contributed by atoms with van der Waals surface area (Å²) in [6.45, 7) is 3.31. The highest BCUT2D eigenvalue weighted by molar-refractivity contribution is 6.09. The second-order valence-corrected chi connectivity index (χ2v) is 7.07. The number of anilines is 1. The average molecular weight is 385 g/mol. The number of carbonyl (C=O) groups is 2. The van der Waals surface area contributed by atoms with Gasteiger partial charge in [-0.1, -0.05) is 18.2 Å². The summed E-state index contributed by atoms with van der Waals surface area (Å²) < 4.78 is 26.3. The van der Waals surface area contributed by atoms with Gasteiger partial charge in [-0.2, -0.15) is 0 Å². The lowest BCUT2D eigenvalue weighted by Crippen LogP contribution is -2.45. The van der Waals surface area contributed by atoms with Crippen molar-refractivity contribution in [1.29, 1.82) is 0 Å². The van der Waals surface area contributed by atoms with E-state index >= 15 is 0 Å². The molecule has 0 saturated heterocycles. The number of fused-ring (bicyclic) bond motifs is 1. The Hall–Kier alpha value is -3.22. The van der Waals surface area contributed by atoms with Gasteiger partial charge in [0.2, 0.25) is 11.8 Å². The Morgan fingerprint density at radius 1 is 1.04 bits per heavy atom. The average Bonchev–Trinajstić information content (AvgIpc) is 3.08. The molecule has 3 N–H and O–H groups in total. The van der Waals surface area contributed by atoms with Crippen molar-refractivity contribution in [2.24, 2.45) is 5.41 Å². The second-order valence-electron chi connectivity index (χ2n) is 7.07. The lowest BCUT2D eigenvalue weighted by atomic mass is 9.90. The first-order chi connectivity index (χ1) is 13.3. The van der Waals surface area contributed by atoms with E-state index in [1.807, 2.05) is 30.5 Å². The Bertz CT molecular complexity index is 1030. The van der Waals surface area contributed by atoms with E-state index in [1.165, 1.54) is 19.9 Å². The summed E-state index contributed by atoms with van der Waals surface area (Å²) in [5.41, 5.74) is 0.795. The molecule has 0 unspecified atom stereocenters. The zero-order valence-electron chi connectivity index (χ0n) is 15.6. The highest BCUT2D eigenvalue weighted by Crippen LogP contribution is 2.21. The van der Waals surface area contributed by atoms with Crippen LogP contribution in [0.5, 0.6) is 0 Å². The Morgan fingerprint density at radius 3 is 2.54 bits per heavy atom. The minimum Gasteiger partial charge on any atom is -0.361 e. The van der Waals surface area contributed by atoms with Crippen LogP contribution in [0.3, 0.4) is 0 Å². The van der Waals surface area contributed by atoms with Gasteiger partial charge in [-0.25, -0.2) is 8.78 Å². The van der Waals surface area contributed by atoms with E-state index in [9.17, 15) is 18.4 Å². The van der Waals surface area contributed by atoms with E-state index < -0.39 is 28.9 Å². The molecule has 3 rings (SSSR count). The molecule has 146 valence electrons. The Balaban J connectivity index is 1.58. The van der Waals surface area contributed by atoms with Gasteiger partial charge >= 0.3 is 0 Å². The quantitative estimate of drug-likeness (QED) is 0.565. The zero-order valence-corrected chi connectivity index (χ0v) is 15.6. The summed E-state index contributed by atoms with van der Waals surface area (Å²) in [7, 11) is 0. The number of hydrogen-bond donors (Lipinski definition) is 3. The number of hydrogen-bond acceptors (Lipinski definition) is 2. The van der Waals surface area contributed by atoms with Gasteiger partial charge < -0.3 is 15.6 Å². The number of benzene rings is 2. The van der Waals surface area contributed by atoms with Crippen LogP contribution >= 0.6 is 0 Å². The number of nitrogens with one attached hydrogen (secondary N) is 3. The van der Waals surface area contributed by atoms with Crippen molar-refractivity contribution in [3.05, 3.63) is 65.9 Å². The van der Waals surface area contributed by atoms with Gasteiger partial charge in [-0.05, 0) is 44.0 Å². The fourth-order valence-corrected chi connectivity index (χ4v) is 2.83. The molecule has 3 aromatic rings. The first kappa shape index (κ1) is 19.5. The molecular weight excluding hydrogens is 364 g/mol. The third-order valence-corrected chi connectivity index (χ3v) is 4.67. The van der Waals surface area contributed by atoms with E-state index in [0.717, 1.165) is 28.6 Å². The maximum Gasteiger partial charge on any atom is 0.239 e. The highest BCUT2D eigenvalue weighted by atomic mass is 19.2. The van der Waals surface area contributed by atoms with Gasteiger partial charge in [-0.3, -0.25) is 9.59 Å². The number of rotatable bonds is 6. The molecule has 5 nitrogen and oxygen atoms in total. The van der Waals surface area contributed by atoms with E-state index in [-0.39, 0.29) is 5.69 Å². The van der Waals surface area contributed by atoms with E-state index in [0.29, 0.717) is 13.0 Å². The molecule has 28 heavy (non-hydrogen) atoms. The topological polar surface area (TPSA) is 74.0 Å². The first-order valence-electron chi connectivity index (χ1n) is 8.89. The van der Waals surface area contributed by atoms with Gasteiger partial charge in [0, 0.05) is 35.4 Å². The summed E-state index contributed by atoms with van der Waals surface area (Å²) >= 11 is 0. The molecule has 0 saturated carbocycles. The lowest BCUT2D eigenvalue weighted by molar-refractivity contribution is -0.138. The number of carbonyl (C=O) groups excluding carboxylic acids is 2. The van der Waals surface area contributed by atoms with Crippen LogP contribution in [-0.2, 0) is 16.0 Å². The number of aromatic nitrogens is 1. The standard InChI is InChI=1S/C21H21F2N3O2/c1-21(2,20(28)26-14-7-8-16(22)17(23)11-14)19(27)24-10-9-13-12-25-18-6-4-3-5-15(13)18/h3-8,11-12,25H,9-10H2,1-2H3,(H,24,27)(H,26,28). The normalized spacial score (nSPS) is 11.4. The highest BCUT2D eigenvalue weighted by Gasteiger charge is 2.36. The maximum atomic E-state index is 13.3. The lowest BCUT2D eigenvalue weighted by Gasteiger charge is -2.22. The zero-order chi connectivity index (χ0) is 20.3. The van der Waals surface area contributed by atoms with Crippen LogP contribution in [0.1, 0.15) is 19.4 Å². The van der Waals surface area contributed by atoms with E-state index in [1.54, 1.807) is 0 Å². The van der Waals surface area contributed by atoms with Gasteiger partial charge in [0.05, 0.1) is 0 Å². The van der Waals surface area contributed by atoms with Crippen molar-refractivity contribution in [1.82, 2.24) is 10.3 Å². The van der Waals surface area contributed by atoms with Gasteiger partial charge in [0.1, 0.15) is 5.41 Å². The number of halogens is 2. The summed E-state index contributed by atoms with van der Waals surface area (Å²) in [6, 6.07) is 10.9. The molecule has 2 aromatic carbocycles. The van der Waals surface area contributed by atoms with Crippen molar-refractivity contribution in [3.8, 4) is 0 Å². The predicted octanol–water partition coefficient (Wildman–Crippen LogP) is 3.77.